The average Bonchev–Trinajstić information content (AvgIpc) is 3.04. The summed E-state index contributed by atoms with van der Waals surface area (Å²) in [5.41, 5.74) is 7.76. The summed E-state index contributed by atoms with van der Waals surface area (Å²) < 4.78 is 49.5. The molecule has 10 heteroatoms. The van der Waals surface area contributed by atoms with Crippen LogP contribution in [0, 0.1) is 11.8 Å². The Kier molecular flexibility index (Phi) is 5.12. The summed E-state index contributed by atoms with van der Waals surface area (Å²) in [4.78, 5) is 6.41. The Balaban J connectivity index is 1.35. The number of methoxy groups -OCH3 is 1. The highest BCUT2D eigenvalue weighted by Gasteiger charge is 2.59. The molecule has 5 rings (SSSR count). The van der Waals surface area contributed by atoms with E-state index < -0.39 is 12.1 Å². The van der Waals surface area contributed by atoms with Gasteiger partial charge in [0.25, 0.3) is 0 Å². The maximum absolute atomic E-state index is 12.7. The molecule has 2 aliphatic carbocycles. The fourth-order valence-electron chi connectivity index (χ4n) is 5.48. The molecule has 3 heterocycles. The van der Waals surface area contributed by atoms with Crippen LogP contribution in [0.2, 0.25) is 0 Å². The van der Waals surface area contributed by atoms with Gasteiger partial charge in [-0.3, -0.25) is 9.58 Å². The first-order valence-electron chi connectivity index (χ1n) is 11.0. The van der Waals surface area contributed by atoms with Gasteiger partial charge in [0.05, 0.1) is 11.8 Å². The second kappa shape index (κ2) is 7.62. The summed E-state index contributed by atoms with van der Waals surface area (Å²) in [6, 6.07) is 4.02. The van der Waals surface area contributed by atoms with Crippen LogP contribution in [-0.2, 0) is 4.74 Å². The van der Waals surface area contributed by atoms with Gasteiger partial charge in [-0.2, -0.15) is 5.10 Å². The van der Waals surface area contributed by atoms with Crippen LogP contribution in [0.25, 0.3) is 11.3 Å². The highest BCUT2D eigenvalue weighted by atomic mass is 19.4. The highest BCUT2D eigenvalue weighted by molar-refractivity contribution is 5.64. The number of ether oxygens (including phenoxy) is 2. The lowest BCUT2D eigenvalue weighted by molar-refractivity contribution is -0.274. The minimum absolute atomic E-state index is 0.140. The zero-order chi connectivity index (χ0) is 22.8. The van der Waals surface area contributed by atoms with E-state index in [9.17, 15) is 13.2 Å². The van der Waals surface area contributed by atoms with Crippen molar-refractivity contribution in [1.29, 1.82) is 0 Å². The minimum atomic E-state index is -4.83. The van der Waals surface area contributed by atoms with E-state index in [4.69, 9.17) is 15.6 Å². The van der Waals surface area contributed by atoms with Crippen molar-refractivity contribution in [1.82, 2.24) is 19.7 Å². The van der Waals surface area contributed by atoms with Crippen LogP contribution < -0.4 is 10.5 Å². The highest BCUT2D eigenvalue weighted by Crippen LogP contribution is 2.64. The summed E-state index contributed by atoms with van der Waals surface area (Å²) in [5.74, 6) is 0.904. The van der Waals surface area contributed by atoms with Gasteiger partial charge < -0.3 is 15.2 Å². The number of nitrogens with two attached hydrogens (primary N) is 1. The maximum Gasteiger partial charge on any atom is 0.573 e. The molecule has 32 heavy (non-hydrogen) atoms. The van der Waals surface area contributed by atoms with Crippen molar-refractivity contribution >= 4 is 5.82 Å². The first-order chi connectivity index (χ1) is 15.1. The number of alkyl halides is 3. The second-order valence-electron chi connectivity index (χ2n) is 9.44. The number of hydrogen-bond donors (Lipinski definition) is 1. The van der Waals surface area contributed by atoms with Gasteiger partial charge in [-0.25, -0.2) is 4.98 Å². The summed E-state index contributed by atoms with van der Waals surface area (Å²) in [7, 11) is 1.77. The van der Waals surface area contributed by atoms with E-state index in [2.05, 4.69) is 28.5 Å². The number of fused-ring (bicyclic) bond motifs is 1. The third kappa shape index (κ3) is 3.83. The van der Waals surface area contributed by atoms with Gasteiger partial charge in [0, 0.05) is 55.7 Å². The zero-order valence-electron chi connectivity index (χ0n) is 18.3. The standard InChI is InChI=1S/C22H28F3N5O2/c1-11(2)30-18(20-15-5-13(6-16(15)20)29-9-14(10-29)31-3)7-17(28-30)12-4-19(21(26)27-8-12)32-22(23,24)25/h4,7-8,11,13-16,20H,5-6,9-10H2,1-3H3,(H2,26,27)/t13-,15+,16-,20-. The maximum atomic E-state index is 12.7. The number of nitrogen functional groups attached to an aromatic ring is 1. The number of nitrogens with zero attached hydrogens (tertiary/aromatic N) is 4. The van der Waals surface area contributed by atoms with Crippen molar-refractivity contribution in [2.45, 2.75) is 57.2 Å². The second-order valence-corrected chi connectivity index (χ2v) is 9.44. The van der Waals surface area contributed by atoms with Crippen LogP contribution in [0.4, 0.5) is 19.0 Å². The molecule has 1 saturated heterocycles. The van der Waals surface area contributed by atoms with Crippen molar-refractivity contribution in [2.24, 2.45) is 11.8 Å². The lowest BCUT2D eigenvalue weighted by Gasteiger charge is -2.43. The molecule has 7 nitrogen and oxygen atoms in total. The Morgan fingerprint density at radius 3 is 2.44 bits per heavy atom. The number of pyridine rings is 1. The Bertz CT molecular complexity index is 990. The van der Waals surface area contributed by atoms with E-state index in [0.29, 0.717) is 41.2 Å². The molecule has 0 unspecified atom stereocenters. The van der Waals surface area contributed by atoms with Crippen molar-refractivity contribution in [2.75, 3.05) is 25.9 Å². The molecule has 1 aliphatic heterocycles. The lowest BCUT2D eigenvalue weighted by atomic mass is 9.99. The van der Waals surface area contributed by atoms with Crippen molar-refractivity contribution in [3.05, 3.63) is 24.0 Å². The summed E-state index contributed by atoms with van der Waals surface area (Å²) in [5, 5.41) is 4.71. The van der Waals surface area contributed by atoms with Crippen LogP contribution in [0.3, 0.4) is 0 Å². The van der Waals surface area contributed by atoms with Gasteiger partial charge in [0.15, 0.2) is 11.6 Å². The molecular weight excluding hydrogens is 423 g/mol. The molecule has 2 N–H and O–H groups in total. The average molecular weight is 451 g/mol. The van der Waals surface area contributed by atoms with E-state index in [0.717, 1.165) is 18.8 Å². The van der Waals surface area contributed by atoms with Crippen molar-refractivity contribution in [3.8, 4) is 17.0 Å². The molecular formula is C22H28F3N5O2. The number of rotatable bonds is 6. The molecule has 0 amide bonds. The molecule has 2 saturated carbocycles. The summed E-state index contributed by atoms with van der Waals surface area (Å²) in [6.07, 6.45) is -0.671. The molecule has 2 aromatic heterocycles. The Labute approximate surface area is 184 Å². The Morgan fingerprint density at radius 1 is 1.16 bits per heavy atom. The molecule has 2 aromatic rings. The predicted molar refractivity (Wildman–Crippen MR) is 112 cm³/mol. The first-order valence-corrected chi connectivity index (χ1v) is 11.0. The number of aromatic nitrogens is 3. The number of anilines is 1. The molecule has 174 valence electrons. The van der Waals surface area contributed by atoms with Crippen LogP contribution in [0.15, 0.2) is 18.3 Å². The quantitative estimate of drug-likeness (QED) is 0.719. The molecule has 0 bridgehead atoms. The van der Waals surface area contributed by atoms with Crippen LogP contribution in [-0.4, -0.2) is 58.4 Å². The minimum Gasteiger partial charge on any atom is -0.402 e. The fourth-order valence-corrected chi connectivity index (χ4v) is 5.48. The number of likely N-dealkylation sites (tertiary alicyclic amines) is 1. The van der Waals surface area contributed by atoms with E-state index in [-0.39, 0.29) is 11.9 Å². The molecule has 0 aromatic carbocycles. The summed E-state index contributed by atoms with van der Waals surface area (Å²) in [6.45, 7) is 6.16. The topological polar surface area (TPSA) is 78.4 Å². The third-order valence-electron chi connectivity index (χ3n) is 7.14. The lowest BCUT2D eigenvalue weighted by Crippen LogP contribution is -2.55. The molecule has 4 atom stereocenters. The predicted octanol–water partition coefficient (Wildman–Crippen LogP) is 3.83. The Hall–Kier alpha value is -2.33. The van der Waals surface area contributed by atoms with Crippen LogP contribution >= 0.6 is 0 Å². The third-order valence-corrected chi connectivity index (χ3v) is 7.14. The normalized spacial score (nSPS) is 28.1. The van der Waals surface area contributed by atoms with Crippen LogP contribution in [0.5, 0.6) is 5.75 Å². The van der Waals surface area contributed by atoms with Crippen molar-refractivity contribution in [3.63, 3.8) is 0 Å². The molecule has 3 fully saturated rings. The first kappa shape index (κ1) is 21.5. The van der Waals surface area contributed by atoms with E-state index in [1.165, 1.54) is 25.1 Å². The van der Waals surface area contributed by atoms with Gasteiger partial charge in [-0.05, 0) is 50.7 Å². The van der Waals surface area contributed by atoms with Gasteiger partial charge in [0.2, 0.25) is 0 Å². The zero-order valence-corrected chi connectivity index (χ0v) is 18.3. The van der Waals surface area contributed by atoms with Gasteiger partial charge in [0.1, 0.15) is 0 Å². The van der Waals surface area contributed by atoms with E-state index in [1.807, 2.05) is 10.7 Å². The monoisotopic (exact) mass is 451 g/mol. The molecule has 3 aliphatic rings. The number of halogens is 3. The largest absolute Gasteiger partial charge is 0.573 e. The number of hydrogen-bond acceptors (Lipinski definition) is 6. The van der Waals surface area contributed by atoms with Crippen molar-refractivity contribution < 1.29 is 22.6 Å². The molecule has 0 radical (unpaired) electrons. The van der Waals surface area contributed by atoms with Gasteiger partial charge >= 0.3 is 6.36 Å². The smallest absolute Gasteiger partial charge is 0.402 e. The Morgan fingerprint density at radius 2 is 1.84 bits per heavy atom. The summed E-state index contributed by atoms with van der Waals surface area (Å²) >= 11 is 0. The van der Waals surface area contributed by atoms with E-state index >= 15 is 0 Å². The fraction of sp³-hybridized carbons (Fsp3) is 0.636. The molecule has 0 spiro atoms. The van der Waals surface area contributed by atoms with Gasteiger partial charge in [-0.1, -0.05) is 0 Å². The SMILES string of the molecule is COC1CN([C@H]2C[C@@H]3[C@H](C2)[C@H]3c2cc(-c3cnc(N)c(OC(F)(F)F)c3)nn2C(C)C)C1. The van der Waals surface area contributed by atoms with Gasteiger partial charge in [-0.15, -0.1) is 13.2 Å². The van der Waals surface area contributed by atoms with Crippen LogP contribution in [0.1, 0.15) is 44.3 Å². The van der Waals surface area contributed by atoms with E-state index in [1.54, 1.807) is 7.11 Å².